The molecule has 19 heavy (non-hydrogen) atoms. The van der Waals surface area contributed by atoms with Gasteiger partial charge in [0, 0.05) is 29.4 Å². The molecule has 0 saturated carbocycles. The Labute approximate surface area is 108 Å². The van der Waals surface area contributed by atoms with Crippen LogP contribution in [0.25, 0.3) is 21.8 Å². The third kappa shape index (κ3) is 1.31. The van der Waals surface area contributed by atoms with Gasteiger partial charge in [0.2, 0.25) is 12.2 Å². The monoisotopic (exact) mass is 253 g/mol. The molecule has 0 fully saturated rings. The van der Waals surface area contributed by atoms with Gasteiger partial charge in [0.15, 0.2) is 11.5 Å². The molecule has 4 nitrogen and oxygen atoms in total. The molecule has 0 atom stereocenters. The maximum Gasteiger partial charge on any atom is 0.231 e. The van der Waals surface area contributed by atoms with E-state index >= 15 is 0 Å². The van der Waals surface area contributed by atoms with Crippen molar-refractivity contribution in [2.24, 2.45) is 7.05 Å². The molecule has 1 aliphatic rings. The molecule has 1 aromatic heterocycles. The highest BCUT2D eigenvalue weighted by Gasteiger charge is 2.17. The highest BCUT2D eigenvalue weighted by molar-refractivity contribution is 6.08. The van der Waals surface area contributed by atoms with Crippen LogP contribution in [-0.2, 0) is 7.05 Å². The summed E-state index contributed by atoms with van der Waals surface area (Å²) in [5, 5.41) is 1.95. The molecule has 2 aromatic carbocycles. The standard InChI is InChI=1S/C15H11NO3/c1-16-11-5-3-2-4-9(11)10-6-13-14(19-8-18-13)7-12(17)15(10)16/h2-7H,8H2,1H3. The molecule has 0 saturated heterocycles. The van der Waals surface area contributed by atoms with Crippen LogP contribution in [-0.4, -0.2) is 11.4 Å². The molecule has 0 spiro atoms. The Morgan fingerprint density at radius 2 is 1.79 bits per heavy atom. The van der Waals surface area contributed by atoms with Gasteiger partial charge in [0.25, 0.3) is 0 Å². The molecule has 0 bridgehead atoms. The molecular weight excluding hydrogens is 242 g/mol. The lowest BCUT2D eigenvalue weighted by Gasteiger charge is -1.95. The first-order valence-electron chi connectivity index (χ1n) is 6.07. The van der Waals surface area contributed by atoms with Crippen LogP contribution in [0.3, 0.4) is 0 Å². The van der Waals surface area contributed by atoms with Crippen LogP contribution >= 0.6 is 0 Å². The molecule has 94 valence electrons. The maximum absolute atomic E-state index is 12.4. The second kappa shape index (κ2) is 3.51. The maximum atomic E-state index is 12.4. The minimum Gasteiger partial charge on any atom is -0.454 e. The SMILES string of the molecule is Cn1c2ccccc2c2cc3c(cc(=O)c21)OCO3. The van der Waals surface area contributed by atoms with Gasteiger partial charge < -0.3 is 14.0 Å². The number of hydrogen-bond acceptors (Lipinski definition) is 3. The van der Waals surface area contributed by atoms with Crippen molar-refractivity contribution in [1.82, 2.24) is 4.57 Å². The van der Waals surface area contributed by atoms with Crippen molar-refractivity contribution in [2.45, 2.75) is 0 Å². The van der Waals surface area contributed by atoms with Crippen molar-refractivity contribution in [3.8, 4) is 11.5 Å². The van der Waals surface area contributed by atoms with Crippen molar-refractivity contribution in [1.29, 1.82) is 0 Å². The van der Waals surface area contributed by atoms with Crippen LogP contribution in [0.1, 0.15) is 0 Å². The van der Waals surface area contributed by atoms with Gasteiger partial charge in [-0.05, 0) is 12.1 Å². The molecule has 0 amide bonds. The fourth-order valence-electron chi connectivity index (χ4n) is 2.71. The molecule has 0 radical (unpaired) electrons. The summed E-state index contributed by atoms with van der Waals surface area (Å²) in [5.41, 5.74) is 1.65. The van der Waals surface area contributed by atoms with Gasteiger partial charge in [-0.25, -0.2) is 0 Å². The molecule has 3 aromatic rings. The smallest absolute Gasteiger partial charge is 0.231 e. The summed E-state index contributed by atoms with van der Waals surface area (Å²) in [4.78, 5) is 12.4. The predicted molar refractivity (Wildman–Crippen MR) is 72.8 cm³/mol. The van der Waals surface area contributed by atoms with Crippen molar-refractivity contribution < 1.29 is 9.47 Å². The average molecular weight is 253 g/mol. The number of ether oxygens (including phenoxy) is 2. The van der Waals surface area contributed by atoms with Crippen LogP contribution in [0.15, 0.2) is 41.2 Å². The minimum atomic E-state index is -0.0551. The summed E-state index contributed by atoms with van der Waals surface area (Å²) >= 11 is 0. The molecule has 2 heterocycles. The van der Waals surface area contributed by atoms with Gasteiger partial charge in [-0.3, -0.25) is 4.79 Å². The van der Waals surface area contributed by atoms with Crippen molar-refractivity contribution in [3.05, 3.63) is 46.6 Å². The number of hydrogen-bond donors (Lipinski definition) is 0. The summed E-state index contributed by atoms with van der Waals surface area (Å²) in [5.74, 6) is 1.15. The lowest BCUT2D eigenvalue weighted by molar-refractivity contribution is 0.173. The first-order chi connectivity index (χ1) is 9.25. The first kappa shape index (κ1) is 10.4. The second-order valence-electron chi connectivity index (χ2n) is 4.63. The number of rotatable bonds is 0. The van der Waals surface area contributed by atoms with E-state index in [1.807, 2.05) is 41.9 Å². The Bertz CT molecular complexity index is 880. The van der Waals surface area contributed by atoms with Gasteiger partial charge >= 0.3 is 0 Å². The van der Waals surface area contributed by atoms with Gasteiger partial charge in [-0.15, -0.1) is 0 Å². The zero-order valence-electron chi connectivity index (χ0n) is 10.3. The van der Waals surface area contributed by atoms with Crippen LogP contribution in [0.4, 0.5) is 0 Å². The summed E-state index contributed by atoms with van der Waals surface area (Å²) in [6, 6.07) is 11.4. The van der Waals surface area contributed by atoms with E-state index in [2.05, 4.69) is 0 Å². The quantitative estimate of drug-likeness (QED) is 0.617. The lowest BCUT2D eigenvalue weighted by atomic mass is 10.2. The largest absolute Gasteiger partial charge is 0.454 e. The summed E-state index contributed by atoms with van der Waals surface area (Å²) in [6.07, 6.45) is 0. The lowest BCUT2D eigenvalue weighted by Crippen LogP contribution is -2.02. The van der Waals surface area contributed by atoms with Crippen LogP contribution in [0.5, 0.6) is 11.5 Å². The average Bonchev–Trinajstić information content (AvgIpc) is 2.91. The van der Waals surface area contributed by atoms with E-state index in [1.54, 1.807) is 0 Å². The van der Waals surface area contributed by atoms with Gasteiger partial charge in [-0.1, -0.05) is 18.2 Å². The summed E-state index contributed by atoms with van der Waals surface area (Å²) < 4.78 is 12.6. The molecule has 4 rings (SSSR count). The highest BCUT2D eigenvalue weighted by Crippen LogP contribution is 2.34. The second-order valence-corrected chi connectivity index (χ2v) is 4.63. The number of aryl methyl sites for hydroxylation is 1. The van der Waals surface area contributed by atoms with E-state index < -0.39 is 0 Å². The topological polar surface area (TPSA) is 40.5 Å². The number of aromatic nitrogens is 1. The van der Waals surface area contributed by atoms with Crippen molar-refractivity contribution in [3.63, 3.8) is 0 Å². The fourth-order valence-corrected chi connectivity index (χ4v) is 2.71. The molecule has 0 aliphatic carbocycles. The van der Waals surface area contributed by atoms with Crippen LogP contribution in [0.2, 0.25) is 0 Å². The van der Waals surface area contributed by atoms with Gasteiger partial charge in [-0.2, -0.15) is 0 Å². The minimum absolute atomic E-state index is 0.0551. The molecule has 0 unspecified atom stereocenters. The first-order valence-corrected chi connectivity index (χ1v) is 6.07. The van der Waals surface area contributed by atoms with E-state index in [0.29, 0.717) is 17.0 Å². The zero-order valence-corrected chi connectivity index (χ0v) is 10.3. The highest BCUT2D eigenvalue weighted by atomic mass is 16.7. The van der Waals surface area contributed by atoms with E-state index in [-0.39, 0.29) is 12.2 Å². The molecular formula is C15H11NO3. The Hall–Kier alpha value is -2.49. The summed E-state index contributed by atoms with van der Waals surface area (Å²) in [6.45, 7) is 0.172. The van der Waals surface area contributed by atoms with E-state index in [1.165, 1.54) is 6.07 Å². The number of fused-ring (bicyclic) bond motifs is 4. The van der Waals surface area contributed by atoms with E-state index in [0.717, 1.165) is 16.3 Å². The molecule has 4 heteroatoms. The Morgan fingerprint density at radius 1 is 1.05 bits per heavy atom. The Morgan fingerprint density at radius 3 is 2.63 bits per heavy atom. The van der Waals surface area contributed by atoms with Crippen molar-refractivity contribution in [2.75, 3.05) is 6.79 Å². The molecule has 0 N–H and O–H groups in total. The Kier molecular flexibility index (Phi) is 1.93. The number of nitrogens with zero attached hydrogens (tertiary/aromatic N) is 1. The zero-order chi connectivity index (χ0) is 13.0. The molecule has 1 aliphatic heterocycles. The van der Waals surface area contributed by atoms with Gasteiger partial charge in [0.1, 0.15) is 0 Å². The van der Waals surface area contributed by atoms with Crippen LogP contribution in [0, 0.1) is 0 Å². The van der Waals surface area contributed by atoms with Gasteiger partial charge in [0.05, 0.1) is 5.52 Å². The van der Waals surface area contributed by atoms with Crippen LogP contribution < -0.4 is 14.9 Å². The number of para-hydroxylation sites is 1. The Balaban J connectivity index is 2.32. The van der Waals surface area contributed by atoms with E-state index in [4.69, 9.17) is 9.47 Å². The summed E-state index contributed by atoms with van der Waals surface area (Å²) in [7, 11) is 1.90. The third-order valence-electron chi connectivity index (χ3n) is 3.59. The fraction of sp³-hybridized carbons (Fsp3) is 0.133. The van der Waals surface area contributed by atoms with E-state index in [9.17, 15) is 4.79 Å². The normalized spacial score (nSPS) is 13.3. The predicted octanol–water partition coefficient (Wildman–Crippen LogP) is 2.42. The number of benzene rings is 1. The third-order valence-corrected chi connectivity index (χ3v) is 3.59. The van der Waals surface area contributed by atoms with Crippen molar-refractivity contribution >= 4 is 21.8 Å².